The highest BCUT2D eigenvalue weighted by molar-refractivity contribution is 5.75. The number of piperidine rings is 1. The Hall–Kier alpha value is -1.54. The number of carbonyl (C=O) groups is 1. The summed E-state index contributed by atoms with van der Waals surface area (Å²) in [6.45, 7) is 10.3. The van der Waals surface area contributed by atoms with Gasteiger partial charge in [0.25, 0.3) is 0 Å². The Labute approximate surface area is 149 Å². The summed E-state index contributed by atoms with van der Waals surface area (Å²) in [5.41, 5.74) is 0.116. The molecule has 25 heavy (non-hydrogen) atoms. The minimum Gasteiger partial charge on any atom is -0.380 e. The van der Waals surface area contributed by atoms with E-state index >= 15 is 0 Å². The van der Waals surface area contributed by atoms with Crippen molar-refractivity contribution >= 4 is 5.91 Å². The monoisotopic (exact) mass is 350 g/mol. The summed E-state index contributed by atoms with van der Waals surface area (Å²) < 4.78 is 7.04. The number of likely N-dealkylation sites (tertiary alicyclic amines) is 1. The van der Waals surface area contributed by atoms with Crippen molar-refractivity contribution < 1.29 is 9.53 Å². The SMILES string of the molecule is CC1CCN(Cc2nnnn2CCCC(=O)NCC2(C)COC2)CC1. The first kappa shape index (κ1) is 18.3. The molecule has 1 aromatic rings. The maximum Gasteiger partial charge on any atom is 0.220 e. The van der Waals surface area contributed by atoms with Crippen molar-refractivity contribution in [2.75, 3.05) is 32.8 Å². The molecule has 0 aromatic carbocycles. The van der Waals surface area contributed by atoms with E-state index in [1.165, 1.54) is 12.8 Å². The van der Waals surface area contributed by atoms with E-state index in [4.69, 9.17) is 4.74 Å². The number of aromatic nitrogens is 4. The van der Waals surface area contributed by atoms with Gasteiger partial charge in [-0.3, -0.25) is 9.69 Å². The van der Waals surface area contributed by atoms with Crippen molar-refractivity contribution in [1.82, 2.24) is 30.4 Å². The molecule has 0 aliphatic carbocycles. The molecule has 2 saturated heterocycles. The number of ether oxygens (including phenoxy) is 1. The second-order valence-corrected chi connectivity index (χ2v) is 7.96. The summed E-state index contributed by atoms with van der Waals surface area (Å²) in [6, 6.07) is 0. The van der Waals surface area contributed by atoms with Crippen LogP contribution in [0.2, 0.25) is 0 Å². The van der Waals surface area contributed by atoms with Gasteiger partial charge in [0.2, 0.25) is 5.91 Å². The Balaban J connectivity index is 1.37. The molecule has 140 valence electrons. The molecular weight excluding hydrogens is 320 g/mol. The maximum atomic E-state index is 12.0. The Bertz CT molecular complexity index is 563. The molecule has 8 heteroatoms. The van der Waals surface area contributed by atoms with Gasteiger partial charge in [-0.05, 0) is 48.7 Å². The number of hydrogen-bond donors (Lipinski definition) is 1. The number of amides is 1. The fourth-order valence-corrected chi connectivity index (χ4v) is 3.27. The van der Waals surface area contributed by atoms with Gasteiger partial charge in [0, 0.05) is 24.9 Å². The van der Waals surface area contributed by atoms with Gasteiger partial charge in [-0.15, -0.1) is 5.10 Å². The second-order valence-electron chi connectivity index (χ2n) is 7.96. The molecule has 0 bridgehead atoms. The molecule has 2 fully saturated rings. The van der Waals surface area contributed by atoms with Gasteiger partial charge >= 0.3 is 0 Å². The molecule has 1 aromatic heterocycles. The van der Waals surface area contributed by atoms with E-state index in [-0.39, 0.29) is 11.3 Å². The van der Waals surface area contributed by atoms with Crippen molar-refractivity contribution in [2.24, 2.45) is 11.3 Å². The summed E-state index contributed by atoms with van der Waals surface area (Å²) >= 11 is 0. The van der Waals surface area contributed by atoms with Crippen molar-refractivity contribution in [2.45, 2.75) is 52.6 Å². The zero-order valence-corrected chi connectivity index (χ0v) is 15.4. The van der Waals surface area contributed by atoms with Crippen LogP contribution in [0.5, 0.6) is 0 Å². The van der Waals surface area contributed by atoms with Gasteiger partial charge in [-0.25, -0.2) is 4.68 Å². The fraction of sp³-hybridized carbons (Fsp3) is 0.882. The summed E-state index contributed by atoms with van der Waals surface area (Å²) in [6.07, 6.45) is 3.73. The van der Waals surface area contributed by atoms with Gasteiger partial charge in [0.05, 0.1) is 19.8 Å². The molecule has 1 N–H and O–H groups in total. The van der Waals surface area contributed by atoms with E-state index in [9.17, 15) is 4.79 Å². The van der Waals surface area contributed by atoms with Crippen LogP contribution in [0.3, 0.4) is 0 Å². The van der Waals surface area contributed by atoms with Crippen LogP contribution >= 0.6 is 0 Å². The molecule has 0 unspecified atom stereocenters. The summed E-state index contributed by atoms with van der Waals surface area (Å²) in [5, 5.41) is 15.1. The molecule has 0 atom stereocenters. The van der Waals surface area contributed by atoms with E-state index in [2.05, 4.69) is 39.6 Å². The second kappa shape index (κ2) is 8.23. The molecule has 3 heterocycles. The van der Waals surface area contributed by atoms with E-state index < -0.39 is 0 Å². The van der Waals surface area contributed by atoms with Crippen LogP contribution in [0, 0.1) is 11.3 Å². The smallest absolute Gasteiger partial charge is 0.220 e. The molecular formula is C17H30N6O2. The number of tetrazole rings is 1. The van der Waals surface area contributed by atoms with Crippen LogP contribution < -0.4 is 5.32 Å². The third-order valence-electron chi connectivity index (χ3n) is 5.23. The highest BCUT2D eigenvalue weighted by Crippen LogP contribution is 2.25. The van der Waals surface area contributed by atoms with Crippen molar-refractivity contribution in [3.63, 3.8) is 0 Å². The lowest BCUT2D eigenvalue weighted by Gasteiger charge is -2.38. The zero-order chi connectivity index (χ0) is 17.7. The van der Waals surface area contributed by atoms with Crippen LogP contribution in [0.15, 0.2) is 0 Å². The molecule has 0 saturated carbocycles. The number of carbonyl (C=O) groups excluding carboxylic acids is 1. The first-order chi connectivity index (χ1) is 12.0. The van der Waals surface area contributed by atoms with Crippen LogP contribution in [-0.2, 0) is 22.6 Å². The minimum atomic E-state index is 0.0905. The lowest BCUT2D eigenvalue weighted by molar-refractivity contribution is -0.126. The number of nitrogens with zero attached hydrogens (tertiary/aromatic N) is 5. The third-order valence-corrected chi connectivity index (χ3v) is 5.23. The Morgan fingerprint density at radius 2 is 2.12 bits per heavy atom. The topological polar surface area (TPSA) is 85.2 Å². The van der Waals surface area contributed by atoms with Gasteiger partial charge < -0.3 is 10.1 Å². The maximum absolute atomic E-state index is 12.0. The Morgan fingerprint density at radius 3 is 2.80 bits per heavy atom. The average Bonchev–Trinajstić information content (AvgIpc) is 3.00. The molecule has 0 radical (unpaired) electrons. The quantitative estimate of drug-likeness (QED) is 0.748. The van der Waals surface area contributed by atoms with E-state index in [0.29, 0.717) is 19.5 Å². The predicted molar refractivity (Wildman–Crippen MR) is 92.7 cm³/mol. The molecule has 0 spiro atoms. The Kier molecular flexibility index (Phi) is 6.01. The molecule has 3 rings (SSSR count). The van der Waals surface area contributed by atoms with E-state index in [0.717, 1.165) is 51.0 Å². The van der Waals surface area contributed by atoms with Crippen molar-refractivity contribution in [3.05, 3.63) is 5.82 Å². The molecule has 8 nitrogen and oxygen atoms in total. The summed E-state index contributed by atoms with van der Waals surface area (Å²) in [5.74, 6) is 1.81. The fourth-order valence-electron chi connectivity index (χ4n) is 3.27. The number of aryl methyl sites for hydroxylation is 1. The first-order valence-corrected chi connectivity index (χ1v) is 9.36. The van der Waals surface area contributed by atoms with Crippen molar-refractivity contribution in [3.8, 4) is 0 Å². The Morgan fingerprint density at radius 1 is 1.36 bits per heavy atom. The number of rotatable bonds is 8. The van der Waals surface area contributed by atoms with Crippen LogP contribution in [0.1, 0.15) is 45.4 Å². The van der Waals surface area contributed by atoms with Gasteiger partial charge in [0.1, 0.15) is 0 Å². The van der Waals surface area contributed by atoms with Gasteiger partial charge in [0.15, 0.2) is 5.82 Å². The number of nitrogens with one attached hydrogen (secondary N) is 1. The average molecular weight is 350 g/mol. The van der Waals surface area contributed by atoms with Crippen LogP contribution in [0.4, 0.5) is 0 Å². The van der Waals surface area contributed by atoms with E-state index in [1.54, 1.807) is 0 Å². The van der Waals surface area contributed by atoms with Crippen molar-refractivity contribution in [1.29, 1.82) is 0 Å². The zero-order valence-electron chi connectivity index (χ0n) is 15.4. The number of hydrogen-bond acceptors (Lipinski definition) is 6. The van der Waals surface area contributed by atoms with Crippen LogP contribution in [0.25, 0.3) is 0 Å². The molecule has 1 amide bonds. The highest BCUT2D eigenvalue weighted by atomic mass is 16.5. The predicted octanol–water partition coefficient (Wildman–Crippen LogP) is 0.838. The standard InChI is InChI=1S/C17H30N6O2/c1-14-5-8-22(9-6-14)10-15-19-20-21-23(15)7-3-4-16(24)18-11-17(2)12-25-13-17/h14H,3-13H2,1-2H3,(H,18,24). The van der Waals surface area contributed by atoms with Gasteiger partial charge in [-0.2, -0.15) is 0 Å². The van der Waals surface area contributed by atoms with E-state index in [1.807, 2.05) is 4.68 Å². The largest absolute Gasteiger partial charge is 0.380 e. The lowest BCUT2D eigenvalue weighted by atomic mass is 9.89. The normalized spacial score (nSPS) is 21.0. The lowest BCUT2D eigenvalue weighted by Crippen LogP contribution is -2.48. The molecule has 2 aliphatic heterocycles. The third kappa shape index (κ3) is 5.22. The van der Waals surface area contributed by atoms with Crippen LogP contribution in [-0.4, -0.2) is 63.9 Å². The summed E-state index contributed by atoms with van der Waals surface area (Å²) in [4.78, 5) is 14.4. The summed E-state index contributed by atoms with van der Waals surface area (Å²) in [7, 11) is 0. The highest BCUT2D eigenvalue weighted by Gasteiger charge is 2.33. The van der Waals surface area contributed by atoms with Gasteiger partial charge in [-0.1, -0.05) is 13.8 Å². The first-order valence-electron chi connectivity index (χ1n) is 9.36. The minimum absolute atomic E-state index is 0.0905. The molecule has 2 aliphatic rings.